The molecule has 1 saturated heterocycles. The van der Waals surface area contributed by atoms with Crippen LogP contribution in [0.2, 0.25) is 0 Å². The van der Waals surface area contributed by atoms with Crippen molar-refractivity contribution in [3.63, 3.8) is 0 Å². The largest absolute Gasteiger partial charge is 0.478 e. The fraction of sp³-hybridized carbons (Fsp3) is 0.650. The number of carbonyl (C=O) groups excluding carboxylic acids is 1. The summed E-state index contributed by atoms with van der Waals surface area (Å²) in [5.74, 6) is 0.818. The Bertz CT molecular complexity index is 583. The molecule has 0 spiro atoms. The Morgan fingerprint density at radius 2 is 2.04 bits per heavy atom. The smallest absolute Gasteiger partial charge is 0.265 e. The molecular formula is C20H32N2O2. The lowest BCUT2D eigenvalue weighted by molar-refractivity contribution is -0.145. The second-order valence-corrected chi connectivity index (χ2v) is 7.63. The van der Waals surface area contributed by atoms with E-state index in [1.54, 1.807) is 0 Å². The second kappa shape index (κ2) is 7.56. The lowest BCUT2D eigenvalue weighted by Gasteiger charge is -2.37. The highest BCUT2D eigenvalue weighted by Crippen LogP contribution is 2.26. The van der Waals surface area contributed by atoms with Gasteiger partial charge in [0.15, 0.2) is 5.60 Å². The van der Waals surface area contributed by atoms with Crippen LogP contribution in [0.3, 0.4) is 0 Å². The van der Waals surface area contributed by atoms with Gasteiger partial charge in [-0.25, -0.2) is 0 Å². The minimum absolute atomic E-state index is 0.0300. The number of benzene rings is 1. The Balaban J connectivity index is 2.04. The van der Waals surface area contributed by atoms with Gasteiger partial charge >= 0.3 is 0 Å². The van der Waals surface area contributed by atoms with Crippen molar-refractivity contribution in [1.82, 2.24) is 9.80 Å². The van der Waals surface area contributed by atoms with E-state index in [1.165, 1.54) is 18.4 Å². The molecule has 1 heterocycles. The molecule has 1 aromatic carbocycles. The molecule has 0 aromatic heterocycles. The van der Waals surface area contributed by atoms with E-state index in [4.69, 9.17) is 4.74 Å². The number of carbonyl (C=O) groups is 1. The number of amides is 1. The zero-order valence-electron chi connectivity index (χ0n) is 16.1. The van der Waals surface area contributed by atoms with E-state index in [1.807, 2.05) is 44.9 Å². The van der Waals surface area contributed by atoms with E-state index in [2.05, 4.69) is 24.9 Å². The molecule has 1 aliphatic heterocycles. The number of hydrogen-bond acceptors (Lipinski definition) is 3. The molecular weight excluding hydrogens is 300 g/mol. The second-order valence-electron chi connectivity index (χ2n) is 7.63. The fourth-order valence-electron chi connectivity index (χ4n) is 3.39. The van der Waals surface area contributed by atoms with Crippen molar-refractivity contribution in [3.8, 4) is 5.75 Å². The van der Waals surface area contributed by atoms with Crippen molar-refractivity contribution < 1.29 is 9.53 Å². The van der Waals surface area contributed by atoms with Crippen LogP contribution in [0, 0.1) is 13.8 Å². The van der Waals surface area contributed by atoms with E-state index in [-0.39, 0.29) is 5.91 Å². The molecule has 4 nitrogen and oxygen atoms in total. The number of ether oxygens (including phenoxy) is 1. The Morgan fingerprint density at radius 3 is 2.71 bits per heavy atom. The number of aryl methyl sites for hydroxylation is 1. The predicted molar refractivity (Wildman–Crippen MR) is 98.5 cm³/mol. The number of nitrogens with zero attached hydrogens (tertiary/aromatic N) is 2. The molecule has 1 aromatic rings. The van der Waals surface area contributed by atoms with Crippen LogP contribution >= 0.6 is 0 Å². The third-order valence-corrected chi connectivity index (χ3v) is 5.19. The molecule has 134 valence electrons. The zero-order chi connectivity index (χ0) is 17.9. The van der Waals surface area contributed by atoms with Crippen molar-refractivity contribution >= 4 is 5.91 Å². The standard InChI is InChI=1S/C20H32N2O2/c1-15-10-9-12-18(16(15)2)24-20(3,4)19(23)22(6)14-17-11-7-8-13-21(17)5/h9-10,12,17H,7-8,11,13-14H2,1-6H3/t17-/m1/s1. The van der Waals surface area contributed by atoms with Crippen molar-refractivity contribution in [2.45, 2.75) is 58.6 Å². The van der Waals surface area contributed by atoms with Crippen LogP contribution in [0.25, 0.3) is 0 Å². The van der Waals surface area contributed by atoms with E-state index < -0.39 is 5.60 Å². The lowest BCUT2D eigenvalue weighted by Crippen LogP contribution is -2.52. The monoisotopic (exact) mass is 332 g/mol. The molecule has 1 aliphatic rings. The minimum Gasteiger partial charge on any atom is -0.478 e. The van der Waals surface area contributed by atoms with Gasteiger partial charge in [0, 0.05) is 19.6 Å². The number of rotatable bonds is 5. The van der Waals surface area contributed by atoms with Gasteiger partial charge in [-0.2, -0.15) is 0 Å². The van der Waals surface area contributed by atoms with Gasteiger partial charge in [0.2, 0.25) is 0 Å². The Kier molecular flexibility index (Phi) is 5.92. The summed E-state index contributed by atoms with van der Waals surface area (Å²) in [6.45, 7) is 9.69. The summed E-state index contributed by atoms with van der Waals surface area (Å²) in [6, 6.07) is 6.41. The first-order chi connectivity index (χ1) is 11.2. The first-order valence-corrected chi connectivity index (χ1v) is 8.93. The maximum absolute atomic E-state index is 12.9. The van der Waals surface area contributed by atoms with Gasteiger partial charge in [0.05, 0.1) is 0 Å². The molecule has 1 atom stereocenters. The van der Waals surface area contributed by atoms with E-state index in [0.717, 1.165) is 30.8 Å². The summed E-state index contributed by atoms with van der Waals surface area (Å²) in [7, 11) is 4.04. The van der Waals surface area contributed by atoms with Crippen molar-refractivity contribution in [2.75, 3.05) is 27.2 Å². The molecule has 2 rings (SSSR count). The first-order valence-electron chi connectivity index (χ1n) is 8.93. The normalized spacial score (nSPS) is 19.2. The average molecular weight is 332 g/mol. The highest BCUT2D eigenvalue weighted by molar-refractivity contribution is 5.84. The summed E-state index contributed by atoms with van der Waals surface area (Å²) in [5, 5.41) is 0. The topological polar surface area (TPSA) is 32.8 Å². The van der Waals surface area contributed by atoms with Crippen molar-refractivity contribution in [1.29, 1.82) is 0 Å². The highest BCUT2D eigenvalue weighted by atomic mass is 16.5. The number of likely N-dealkylation sites (N-methyl/N-ethyl adjacent to an activating group) is 2. The van der Waals surface area contributed by atoms with Crippen LogP contribution in [0.1, 0.15) is 44.2 Å². The quantitative estimate of drug-likeness (QED) is 0.828. The third kappa shape index (κ3) is 4.29. The van der Waals surface area contributed by atoms with Gasteiger partial charge in [-0.1, -0.05) is 18.6 Å². The van der Waals surface area contributed by atoms with Crippen LogP contribution in [0.15, 0.2) is 18.2 Å². The van der Waals surface area contributed by atoms with Gasteiger partial charge in [0.25, 0.3) is 5.91 Å². The zero-order valence-corrected chi connectivity index (χ0v) is 16.1. The van der Waals surface area contributed by atoms with Gasteiger partial charge < -0.3 is 14.5 Å². The molecule has 24 heavy (non-hydrogen) atoms. The SMILES string of the molecule is Cc1cccc(OC(C)(C)C(=O)N(C)C[C@H]2CCCCN2C)c1C. The predicted octanol–water partition coefficient (Wildman–Crippen LogP) is 3.40. The average Bonchev–Trinajstić information content (AvgIpc) is 2.53. The molecule has 0 N–H and O–H groups in total. The highest BCUT2D eigenvalue weighted by Gasteiger charge is 2.34. The maximum atomic E-state index is 12.9. The third-order valence-electron chi connectivity index (χ3n) is 5.19. The van der Waals surface area contributed by atoms with E-state index >= 15 is 0 Å². The number of likely N-dealkylation sites (tertiary alicyclic amines) is 1. The van der Waals surface area contributed by atoms with Gasteiger partial charge in [-0.15, -0.1) is 0 Å². The lowest BCUT2D eigenvalue weighted by atomic mass is 10.0. The van der Waals surface area contributed by atoms with Crippen LogP contribution < -0.4 is 4.74 Å². The maximum Gasteiger partial charge on any atom is 0.265 e. The summed E-state index contributed by atoms with van der Waals surface area (Å²) in [4.78, 5) is 17.1. The van der Waals surface area contributed by atoms with Crippen LogP contribution in [0.5, 0.6) is 5.75 Å². The molecule has 0 saturated carbocycles. The Labute approximate surface area is 146 Å². The molecule has 0 unspecified atom stereocenters. The minimum atomic E-state index is -0.874. The summed E-state index contributed by atoms with van der Waals surface area (Å²) in [5.41, 5.74) is 1.39. The molecule has 0 bridgehead atoms. The van der Waals surface area contributed by atoms with Crippen LogP contribution in [-0.4, -0.2) is 54.5 Å². The Morgan fingerprint density at radius 1 is 1.33 bits per heavy atom. The van der Waals surface area contributed by atoms with Gasteiger partial charge in [-0.3, -0.25) is 4.79 Å². The number of hydrogen-bond donors (Lipinski definition) is 0. The molecule has 0 radical (unpaired) electrons. The van der Waals surface area contributed by atoms with Crippen LogP contribution in [0.4, 0.5) is 0 Å². The van der Waals surface area contributed by atoms with E-state index in [0.29, 0.717) is 6.04 Å². The first kappa shape index (κ1) is 18.8. The molecule has 0 aliphatic carbocycles. The van der Waals surface area contributed by atoms with Gasteiger partial charge in [0.1, 0.15) is 5.75 Å². The van der Waals surface area contributed by atoms with Crippen LogP contribution in [-0.2, 0) is 4.79 Å². The molecule has 1 amide bonds. The van der Waals surface area contributed by atoms with Crippen molar-refractivity contribution in [2.24, 2.45) is 0 Å². The Hall–Kier alpha value is -1.55. The number of piperidine rings is 1. The molecule has 1 fully saturated rings. The summed E-state index contributed by atoms with van der Waals surface area (Å²) >= 11 is 0. The van der Waals surface area contributed by atoms with Gasteiger partial charge in [-0.05, 0) is 71.3 Å². The summed E-state index contributed by atoms with van der Waals surface area (Å²) in [6.07, 6.45) is 3.66. The molecule has 4 heteroatoms. The van der Waals surface area contributed by atoms with Crippen molar-refractivity contribution in [3.05, 3.63) is 29.3 Å². The fourth-order valence-corrected chi connectivity index (χ4v) is 3.39. The summed E-state index contributed by atoms with van der Waals surface area (Å²) < 4.78 is 6.11. The van der Waals surface area contributed by atoms with E-state index in [9.17, 15) is 4.79 Å².